The van der Waals surface area contributed by atoms with Gasteiger partial charge in [0.25, 0.3) is 0 Å². The third-order valence-electron chi connectivity index (χ3n) is 3.38. The van der Waals surface area contributed by atoms with Crippen molar-refractivity contribution < 1.29 is 9.90 Å². The fourth-order valence-corrected chi connectivity index (χ4v) is 2.44. The lowest BCUT2D eigenvalue weighted by Crippen LogP contribution is -2.09. The van der Waals surface area contributed by atoms with Crippen LogP contribution in [0.1, 0.15) is 47.2 Å². The van der Waals surface area contributed by atoms with Crippen molar-refractivity contribution in [2.75, 3.05) is 6.54 Å². The van der Waals surface area contributed by atoms with Gasteiger partial charge in [0.05, 0.1) is 5.56 Å². The second-order valence-corrected chi connectivity index (χ2v) is 4.66. The van der Waals surface area contributed by atoms with Gasteiger partial charge in [-0.05, 0) is 55.5 Å². The molecule has 0 amide bonds. The van der Waals surface area contributed by atoms with Crippen molar-refractivity contribution in [3.05, 3.63) is 28.8 Å². The van der Waals surface area contributed by atoms with E-state index in [-0.39, 0.29) is 11.5 Å². The van der Waals surface area contributed by atoms with Gasteiger partial charge in [0, 0.05) is 6.42 Å². The van der Waals surface area contributed by atoms with Crippen molar-refractivity contribution in [1.82, 2.24) is 0 Å². The Bertz CT molecular complexity index is 426. The van der Waals surface area contributed by atoms with Crippen LogP contribution in [0.25, 0.3) is 0 Å². The Labute approximate surface area is 102 Å². The molecular formula is C14H19NO2. The molecule has 0 unspecified atom stereocenters. The van der Waals surface area contributed by atoms with E-state index < -0.39 is 0 Å². The van der Waals surface area contributed by atoms with Gasteiger partial charge < -0.3 is 10.8 Å². The van der Waals surface area contributed by atoms with Gasteiger partial charge in [-0.15, -0.1) is 0 Å². The minimum Gasteiger partial charge on any atom is -0.507 e. The first-order valence-corrected chi connectivity index (χ1v) is 6.30. The number of ketones is 1. The van der Waals surface area contributed by atoms with Gasteiger partial charge in [0.15, 0.2) is 5.78 Å². The Morgan fingerprint density at radius 1 is 1.18 bits per heavy atom. The zero-order valence-electron chi connectivity index (χ0n) is 10.0. The van der Waals surface area contributed by atoms with Crippen LogP contribution in [0.4, 0.5) is 0 Å². The highest BCUT2D eigenvalue weighted by Crippen LogP contribution is 2.28. The van der Waals surface area contributed by atoms with Crippen LogP contribution in [0.2, 0.25) is 0 Å². The molecule has 0 saturated carbocycles. The Morgan fingerprint density at radius 2 is 1.82 bits per heavy atom. The maximum Gasteiger partial charge on any atom is 0.167 e. The number of phenolic OH excluding ortho intramolecular Hbond substituents is 1. The third kappa shape index (κ3) is 2.67. The van der Waals surface area contributed by atoms with Crippen LogP contribution in [-0.2, 0) is 12.8 Å². The van der Waals surface area contributed by atoms with E-state index in [1.165, 1.54) is 30.4 Å². The molecule has 1 aliphatic carbocycles. The molecule has 0 saturated heterocycles. The van der Waals surface area contributed by atoms with Gasteiger partial charge in [0.2, 0.25) is 0 Å². The highest BCUT2D eigenvalue weighted by molar-refractivity contribution is 5.99. The van der Waals surface area contributed by atoms with Crippen LogP contribution in [0, 0.1) is 0 Å². The molecule has 0 atom stereocenters. The summed E-state index contributed by atoms with van der Waals surface area (Å²) in [5.41, 5.74) is 8.24. The van der Waals surface area contributed by atoms with Gasteiger partial charge in [0.1, 0.15) is 5.75 Å². The molecule has 0 fully saturated rings. The predicted octanol–water partition coefficient (Wildman–Crippen LogP) is 2.19. The van der Waals surface area contributed by atoms with Crippen LogP contribution in [0.15, 0.2) is 12.1 Å². The topological polar surface area (TPSA) is 63.3 Å². The van der Waals surface area contributed by atoms with Gasteiger partial charge >= 0.3 is 0 Å². The Morgan fingerprint density at radius 3 is 2.47 bits per heavy atom. The summed E-state index contributed by atoms with van der Waals surface area (Å²) >= 11 is 0. The number of aryl methyl sites for hydroxylation is 2. The molecule has 1 aliphatic rings. The lowest BCUT2D eigenvalue weighted by Gasteiger charge is -2.10. The van der Waals surface area contributed by atoms with Gasteiger partial charge in [-0.2, -0.15) is 0 Å². The maximum absolute atomic E-state index is 11.8. The first kappa shape index (κ1) is 12.1. The Hall–Kier alpha value is -1.35. The molecule has 3 heteroatoms. The molecule has 0 spiro atoms. The summed E-state index contributed by atoms with van der Waals surface area (Å²) in [5, 5.41) is 9.89. The van der Waals surface area contributed by atoms with Gasteiger partial charge in [-0.25, -0.2) is 0 Å². The number of carbonyl (C=O) groups is 1. The Kier molecular flexibility index (Phi) is 3.79. The summed E-state index contributed by atoms with van der Waals surface area (Å²) in [7, 11) is 0. The number of aromatic hydroxyl groups is 1. The lowest BCUT2D eigenvalue weighted by atomic mass is 9.96. The Balaban J connectivity index is 2.35. The highest BCUT2D eigenvalue weighted by Gasteiger charge is 2.16. The first-order chi connectivity index (χ1) is 8.22. The smallest absolute Gasteiger partial charge is 0.167 e. The SMILES string of the molecule is NCCC(=O)c1cc2c(cc1O)CCCCC2. The summed E-state index contributed by atoms with van der Waals surface area (Å²) in [4.78, 5) is 11.8. The summed E-state index contributed by atoms with van der Waals surface area (Å²) in [5.74, 6) is 0.0566. The molecule has 3 nitrogen and oxygen atoms in total. The minimum absolute atomic E-state index is 0.0583. The predicted molar refractivity (Wildman–Crippen MR) is 67.4 cm³/mol. The van der Waals surface area contributed by atoms with E-state index in [0.717, 1.165) is 12.8 Å². The summed E-state index contributed by atoms with van der Waals surface area (Å²) in [6.07, 6.45) is 5.88. The molecule has 17 heavy (non-hydrogen) atoms. The second-order valence-electron chi connectivity index (χ2n) is 4.66. The number of benzene rings is 1. The average Bonchev–Trinajstić information content (AvgIpc) is 2.52. The van der Waals surface area contributed by atoms with Crippen molar-refractivity contribution in [3.63, 3.8) is 0 Å². The van der Waals surface area contributed by atoms with Crippen LogP contribution >= 0.6 is 0 Å². The third-order valence-corrected chi connectivity index (χ3v) is 3.38. The molecule has 3 N–H and O–H groups in total. The molecule has 0 aromatic heterocycles. The normalized spacial score (nSPS) is 15.1. The summed E-state index contributed by atoms with van der Waals surface area (Å²) in [6, 6.07) is 3.64. The van der Waals surface area contributed by atoms with Crippen LogP contribution in [0.3, 0.4) is 0 Å². The number of fused-ring (bicyclic) bond motifs is 1. The number of carbonyl (C=O) groups excluding carboxylic acids is 1. The monoisotopic (exact) mass is 233 g/mol. The number of hydrogen-bond donors (Lipinski definition) is 2. The van der Waals surface area contributed by atoms with Gasteiger partial charge in [-0.1, -0.05) is 6.42 Å². The van der Waals surface area contributed by atoms with E-state index in [4.69, 9.17) is 5.73 Å². The standard InChI is InChI=1S/C14H19NO2/c15-7-6-13(16)12-8-10-4-2-1-3-5-11(10)9-14(12)17/h8-9,17H,1-7,15H2. The first-order valence-electron chi connectivity index (χ1n) is 6.30. The van der Waals surface area contributed by atoms with Crippen LogP contribution in [0.5, 0.6) is 5.75 Å². The van der Waals surface area contributed by atoms with E-state index in [1.807, 2.05) is 6.07 Å². The fourth-order valence-electron chi connectivity index (χ4n) is 2.44. The minimum atomic E-state index is -0.0583. The molecule has 0 radical (unpaired) electrons. The molecule has 92 valence electrons. The van der Waals surface area contributed by atoms with Crippen molar-refractivity contribution in [1.29, 1.82) is 0 Å². The molecule has 0 aliphatic heterocycles. The molecule has 0 bridgehead atoms. The van der Waals surface area contributed by atoms with E-state index in [9.17, 15) is 9.90 Å². The van der Waals surface area contributed by atoms with E-state index >= 15 is 0 Å². The number of Topliss-reactive ketones (excluding diaryl/α,β-unsaturated/α-hetero) is 1. The molecule has 0 heterocycles. The fraction of sp³-hybridized carbons (Fsp3) is 0.500. The maximum atomic E-state index is 11.8. The van der Waals surface area contributed by atoms with E-state index in [1.54, 1.807) is 6.07 Å². The second kappa shape index (κ2) is 5.32. The van der Waals surface area contributed by atoms with Crippen molar-refractivity contribution in [3.8, 4) is 5.75 Å². The molecular weight excluding hydrogens is 214 g/mol. The molecule has 1 aromatic carbocycles. The zero-order chi connectivity index (χ0) is 12.3. The van der Waals surface area contributed by atoms with Crippen molar-refractivity contribution >= 4 is 5.78 Å². The quantitative estimate of drug-likeness (QED) is 0.621. The number of nitrogens with two attached hydrogens (primary N) is 1. The zero-order valence-corrected chi connectivity index (χ0v) is 10.0. The number of phenols is 1. The van der Waals surface area contributed by atoms with Crippen LogP contribution < -0.4 is 5.73 Å². The van der Waals surface area contributed by atoms with Crippen LogP contribution in [-0.4, -0.2) is 17.4 Å². The van der Waals surface area contributed by atoms with E-state index in [2.05, 4.69) is 0 Å². The molecule has 2 rings (SSSR count). The van der Waals surface area contributed by atoms with Crippen molar-refractivity contribution in [2.24, 2.45) is 5.73 Å². The highest BCUT2D eigenvalue weighted by atomic mass is 16.3. The lowest BCUT2D eigenvalue weighted by molar-refractivity contribution is 0.0983. The summed E-state index contributed by atoms with van der Waals surface area (Å²) < 4.78 is 0. The van der Waals surface area contributed by atoms with Gasteiger partial charge in [-0.3, -0.25) is 4.79 Å². The molecule has 1 aromatic rings. The van der Waals surface area contributed by atoms with Crippen molar-refractivity contribution in [2.45, 2.75) is 38.5 Å². The average molecular weight is 233 g/mol. The summed E-state index contributed by atoms with van der Waals surface area (Å²) in [6.45, 7) is 0.329. The largest absolute Gasteiger partial charge is 0.507 e. The van der Waals surface area contributed by atoms with E-state index in [0.29, 0.717) is 18.5 Å². The number of hydrogen-bond acceptors (Lipinski definition) is 3. The number of rotatable bonds is 3.